The van der Waals surface area contributed by atoms with Crippen molar-refractivity contribution in [2.45, 2.75) is 46.6 Å². The molecule has 0 unspecified atom stereocenters. The Morgan fingerprint density at radius 1 is 1.24 bits per heavy atom. The largest absolute Gasteiger partial charge is 0.326 e. The second-order valence-corrected chi connectivity index (χ2v) is 4.77. The van der Waals surface area contributed by atoms with E-state index in [-0.39, 0.29) is 0 Å². The van der Waals surface area contributed by atoms with Crippen LogP contribution < -0.4 is 0 Å². The average Bonchev–Trinajstić information content (AvgIpc) is 2.57. The molecule has 92 valence electrons. The van der Waals surface area contributed by atoms with Crippen LogP contribution in [-0.4, -0.2) is 14.5 Å². The minimum Gasteiger partial charge on any atom is -0.326 e. The highest BCUT2D eigenvalue weighted by Gasteiger charge is 2.19. The monoisotopic (exact) mass is 251 g/mol. The fourth-order valence-corrected chi connectivity index (χ4v) is 2.75. The quantitative estimate of drug-likeness (QED) is 0.770. The Morgan fingerprint density at radius 2 is 1.88 bits per heavy atom. The number of nitrogens with zero attached hydrogens (tertiary/aromatic N) is 3. The molecule has 0 spiro atoms. The van der Waals surface area contributed by atoms with Gasteiger partial charge in [0, 0.05) is 11.7 Å². The molecule has 3 nitrogen and oxygen atoms in total. The van der Waals surface area contributed by atoms with E-state index in [4.69, 9.17) is 11.6 Å². The summed E-state index contributed by atoms with van der Waals surface area (Å²) in [5.74, 6) is 0. The van der Waals surface area contributed by atoms with Gasteiger partial charge < -0.3 is 4.57 Å². The Hall–Kier alpha value is -1.09. The molecule has 0 saturated carbocycles. The number of rotatable bonds is 3. The third kappa shape index (κ3) is 1.82. The first-order chi connectivity index (χ1) is 8.11. The van der Waals surface area contributed by atoms with Crippen molar-refractivity contribution in [1.29, 1.82) is 0 Å². The maximum Gasteiger partial charge on any atom is 0.145 e. The van der Waals surface area contributed by atoms with Gasteiger partial charge in [0.2, 0.25) is 0 Å². The molecule has 2 aromatic heterocycles. The molecule has 2 heterocycles. The lowest BCUT2D eigenvalue weighted by atomic mass is 10.1. The van der Waals surface area contributed by atoms with Crippen LogP contribution in [0.4, 0.5) is 0 Å². The van der Waals surface area contributed by atoms with E-state index in [0.29, 0.717) is 11.2 Å². The second-order valence-electron chi connectivity index (χ2n) is 4.41. The van der Waals surface area contributed by atoms with Gasteiger partial charge in [0.25, 0.3) is 0 Å². The molecule has 0 aliphatic heterocycles. The van der Waals surface area contributed by atoms with Gasteiger partial charge in [0.05, 0.1) is 5.39 Å². The molecular formula is C13H18ClN3. The van der Waals surface area contributed by atoms with E-state index in [1.54, 1.807) is 6.33 Å². The van der Waals surface area contributed by atoms with E-state index >= 15 is 0 Å². The number of halogens is 1. The summed E-state index contributed by atoms with van der Waals surface area (Å²) >= 11 is 6.17. The molecule has 0 amide bonds. The summed E-state index contributed by atoms with van der Waals surface area (Å²) in [6, 6.07) is 0.483. The van der Waals surface area contributed by atoms with Crippen LogP contribution in [0.25, 0.3) is 11.0 Å². The first-order valence-electron chi connectivity index (χ1n) is 6.09. The summed E-state index contributed by atoms with van der Waals surface area (Å²) in [6.07, 6.45) is 3.74. The number of aryl methyl sites for hydroxylation is 1. The highest BCUT2D eigenvalue weighted by atomic mass is 35.5. The van der Waals surface area contributed by atoms with Crippen molar-refractivity contribution in [3.05, 3.63) is 22.7 Å². The summed E-state index contributed by atoms with van der Waals surface area (Å²) in [7, 11) is 0. The minimum absolute atomic E-state index is 0.483. The van der Waals surface area contributed by atoms with Crippen LogP contribution in [0.3, 0.4) is 0 Å². The lowest BCUT2D eigenvalue weighted by Crippen LogP contribution is -2.09. The van der Waals surface area contributed by atoms with Gasteiger partial charge in [-0.05, 0) is 32.3 Å². The smallest absolute Gasteiger partial charge is 0.145 e. The van der Waals surface area contributed by atoms with Gasteiger partial charge in [0.15, 0.2) is 0 Å². The van der Waals surface area contributed by atoms with Crippen LogP contribution in [0.15, 0.2) is 6.33 Å². The Labute approximate surface area is 107 Å². The summed E-state index contributed by atoms with van der Waals surface area (Å²) in [5.41, 5.74) is 3.40. The number of fused-ring (bicyclic) bond motifs is 1. The predicted molar refractivity (Wildman–Crippen MR) is 71.6 cm³/mol. The van der Waals surface area contributed by atoms with Crippen LogP contribution >= 0.6 is 11.6 Å². The zero-order chi connectivity index (χ0) is 12.6. The second kappa shape index (κ2) is 4.65. The molecule has 0 aliphatic rings. The van der Waals surface area contributed by atoms with Gasteiger partial charge in [-0.15, -0.1) is 0 Å². The number of hydrogen-bond donors (Lipinski definition) is 0. The lowest BCUT2D eigenvalue weighted by Gasteiger charge is -2.18. The highest BCUT2D eigenvalue weighted by Crippen LogP contribution is 2.32. The zero-order valence-electron chi connectivity index (χ0n) is 10.8. The molecule has 0 saturated heterocycles. The van der Waals surface area contributed by atoms with E-state index in [0.717, 1.165) is 23.9 Å². The molecule has 0 aromatic carbocycles. The van der Waals surface area contributed by atoms with Gasteiger partial charge in [0.1, 0.15) is 17.1 Å². The number of hydrogen-bond acceptors (Lipinski definition) is 2. The first-order valence-corrected chi connectivity index (χ1v) is 6.47. The topological polar surface area (TPSA) is 30.7 Å². The van der Waals surface area contributed by atoms with Gasteiger partial charge in [-0.2, -0.15) is 0 Å². The molecule has 0 atom stereocenters. The molecule has 17 heavy (non-hydrogen) atoms. The zero-order valence-corrected chi connectivity index (χ0v) is 11.5. The van der Waals surface area contributed by atoms with Crippen LogP contribution in [0.1, 0.15) is 44.0 Å². The summed E-state index contributed by atoms with van der Waals surface area (Å²) in [6.45, 7) is 8.63. The van der Waals surface area contributed by atoms with Gasteiger partial charge in [-0.1, -0.05) is 25.4 Å². The Morgan fingerprint density at radius 3 is 2.47 bits per heavy atom. The normalized spacial score (nSPS) is 11.6. The molecule has 2 aromatic rings. The highest BCUT2D eigenvalue weighted by molar-refractivity contribution is 6.34. The van der Waals surface area contributed by atoms with E-state index in [9.17, 15) is 0 Å². The SMILES string of the molecule is CCC(CC)n1c(C)c(C)c2c(Cl)ncnc21. The third-order valence-electron chi connectivity index (χ3n) is 3.60. The first kappa shape index (κ1) is 12.4. The van der Waals surface area contributed by atoms with Crippen molar-refractivity contribution in [1.82, 2.24) is 14.5 Å². The summed E-state index contributed by atoms with van der Waals surface area (Å²) in [5, 5.41) is 1.55. The molecule has 4 heteroatoms. The van der Waals surface area contributed by atoms with Crippen molar-refractivity contribution in [3.63, 3.8) is 0 Å². The maximum absolute atomic E-state index is 6.17. The fourth-order valence-electron chi connectivity index (χ4n) is 2.48. The van der Waals surface area contributed by atoms with Crippen molar-refractivity contribution in [2.24, 2.45) is 0 Å². The summed E-state index contributed by atoms with van der Waals surface area (Å²) < 4.78 is 2.30. The summed E-state index contributed by atoms with van der Waals surface area (Å²) in [4.78, 5) is 8.48. The maximum atomic E-state index is 6.17. The fraction of sp³-hybridized carbons (Fsp3) is 0.538. The molecule has 0 fully saturated rings. The molecule has 0 aliphatic carbocycles. The molecule has 0 radical (unpaired) electrons. The third-order valence-corrected chi connectivity index (χ3v) is 3.88. The van der Waals surface area contributed by atoms with E-state index < -0.39 is 0 Å². The van der Waals surface area contributed by atoms with E-state index in [2.05, 4.69) is 42.2 Å². The van der Waals surface area contributed by atoms with Crippen LogP contribution in [-0.2, 0) is 0 Å². The Bertz CT molecular complexity index is 541. The Balaban J connectivity index is 2.79. The van der Waals surface area contributed by atoms with Gasteiger partial charge in [-0.3, -0.25) is 0 Å². The lowest BCUT2D eigenvalue weighted by molar-refractivity contribution is 0.474. The number of aromatic nitrogens is 3. The predicted octanol–water partition coefficient (Wildman–Crippen LogP) is 4.06. The molecule has 2 rings (SSSR count). The van der Waals surface area contributed by atoms with Crippen LogP contribution in [0.5, 0.6) is 0 Å². The van der Waals surface area contributed by atoms with Crippen LogP contribution in [0, 0.1) is 13.8 Å². The molecule has 0 bridgehead atoms. The van der Waals surface area contributed by atoms with Crippen molar-refractivity contribution in [2.75, 3.05) is 0 Å². The van der Waals surface area contributed by atoms with Crippen molar-refractivity contribution < 1.29 is 0 Å². The average molecular weight is 252 g/mol. The van der Waals surface area contributed by atoms with Gasteiger partial charge >= 0.3 is 0 Å². The minimum atomic E-state index is 0.483. The van der Waals surface area contributed by atoms with Crippen LogP contribution in [0.2, 0.25) is 5.15 Å². The van der Waals surface area contributed by atoms with Gasteiger partial charge in [-0.25, -0.2) is 9.97 Å². The van der Waals surface area contributed by atoms with E-state index in [1.807, 2.05) is 0 Å². The van der Waals surface area contributed by atoms with Crippen molar-refractivity contribution >= 4 is 22.6 Å². The molecule has 0 N–H and O–H groups in total. The van der Waals surface area contributed by atoms with E-state index in [1.165, 1.54) is 11.3 Å². The van der Waals surface area contributed by atoms with Crippen molar-refractivity contribution in [3.8, 4) is 0 Å². The molecular weight excluding hydrogens is 234 g/mol. The Kier molecular flexibility index (Phi) is 3.38. The standard InChI is InChI=1S/C13H18ClN3/c1-5-10(6-2)17-9(4)8(3)11-12(14)15-7-16-13(11)17/h7,10H,5-6H2,1-4H3.